The van der Waals surface area contributed by atoms with Gasteiger partial charge in [0.25, 0.3) is 0 Å². The smallest absolute Gasteiger partial charge is 0.309 e. The second kappa shape index (κ2) is 11.8. The zero-order valence-electron chi connectivity index (χ0n) is 23.4. The van der Waals surface area contributed by atoms with Crippen molar-refractivity contribution in [3.8, 4) is 0 Å². The van der Waals surface area contributed by atoms with Crippen molar-refractivity contribution in [3.63, 3.8) is 0 Å². The summed E-state index contributed by atoms with van der Waals surface area (Å²) in [6, 6.07) is -0.542. The number of aliphatic hydroxyl groups excluding tert-OH is 2. The van der Waals surface area contributed by atoms with Crippen molar-refractivity contribution in [3.05, 3.63) is 21.7 Å². The number of rotatable bonds is 3. The minimum absolute atomic E-state index is 0.192. The van der Waals surface area contributed by atoms with Crippen LogP contribution in [0.2, 0.25) is 0 Å². The maximum absolute atomic E-state index is 13.3. The summed E-state index contributed by atoms with van der Waals surface area (Å²) in [5.41, 5.74) is 0.177. The van der Waals surface area contributed by atoms with Crippen LogP contribution < -0.4 is 0 Å². The lowest BCUT2D eigenvalue weighted by Gasteiger charge is -2.34. The fraction of sp³-hybridized carbons (Fsp3) is 0.741. The predicted octanol–water partition coefficient (Wildman–Crippen LogP) is 3.33. The maximum atomic E-state index is 13.3. The summed E-state index contributed by atoms with van der Waals surface area (Å²) >= 11 is 1.50. The summed E-state index contributed by atoms with van der Waals surface area (Å²) in [7, 11) is -3.47. The molecule has 8 atom stereocenters. The van der Waals surface area contributed by atoms with Gasteiger partial charge in [-0.05, 0) is 44.3 Å². The van der Waals surface area contributed by atoms with E-state index in [1.54, 1.807) is 20.8 Å². The van der Waals surface area contributed by atoms with Crippen molar-refractivity contribution in [2.75, 3.05) is 6.26 Å². The molecule has 11 heteroatoms. The third kappa shape index (κ3) is 7.10. The van der Waals surface area contributed by atoms with Gasteiger partial charge in [0.1, 0.15) is 11.9 Å². The molecule has 2 unspecified atom stereocenters. The third-order valence-electron chi connectivity index (χ3n) is 8.14. The summed E-state index contributed by atoms with van der Waals surface area (Å²) < 4.78 is 32.4. The largest absolute Gasteiger partial charge is 0.458 e. The van der Waals surface area contributed by atoms with Gasteiger partial charge in [-0.15, -0.1) is 11.3 Å². The summed E-state index contributed by atoms with van der Waals surface area (Å²) in [6.45, 7) is 10.4. The number of hydrogen-bond acceptors (Lipinski definition) is 9. The first-order chi connectivity index (χ1) is 17.5. The standard InChI is InChI=1S/C27H42N2O7S2/c1-15-9-8-10-20-21(29(20)38(7,34)35)12-22(16(2)11-19-14-37-18(4)28-19)36-24(31)13-23(30)27(5,6)26(33)17(3)25(15)32/h11,14-15,17,20-23,25,30,32H,8-10,12-13H2,1-7H3/b16-11+/t15-,17+,20+,21-,22-,23-,25?,29?/m0/s1. The highest BCUT2D eigenvalue weighted by molar-refractivity contribution is 7.88. The quantitative estimate of drug-likeness (QED) is 0.418. The lowest BCUT2D eigenvalue weighted by atomic mass is 9.73. The number of aromatic nitrogens is 1. The Morgan fingerprint density at radius 3 is 2.45 bits per heavy atom. The number of cyclic esters (lactones) is 1. The van der Waals surface area contributed by atoms with Crippen molar-refractivity contribution < 1.29 is 33.0 Å². The molecule has 3 rings (SSSR count). The maximum Gasteiger partial charge on any atom is 0.309 e. The van der Waals surface area contributed by atoms with E-state index >= 15 is 0 Å². The molecule has 38 heavy (non-hydrogen) atoms. The van der Waals surface area contributed by atoms with Crippen LogP contribution in [-0.2, 0) is 24.3 Å². The fourth-order valence-corrected chi connectivity index (χ4v) is 7.51. The van der Waals surface area contributed by atoms with E-state index in [1.807, 2.05) is 32.2 Å². The van der Waals surface area contributed by atoms with E-state index in [4.69, 9.17) is 4.74 Å². The Hall–Kier alpha value is -1.66. The first kappa shape index (κ1) is 30.9. The Labute approximate surface area is 230 Å². The van der Waals surface area contributed by atoms with Crippen molar-refractivity contribution in [1.82, 2.24) is 9.29 Å². The van der Waals surface area contributed by atoms with E-state index in [0.29, 0.717) is 19.3 Å². The Morgan fingerprint density at radius 1 is 1.21 bits per heavy atom. The lowest BCUT2D eigenvalue weighted by Crippen LogP contribution is -2.45. The average Bonchev–Trinajstić information content (AvgIpc) is 3.36. The molecule has 2 fully saturated rings. The number of sulfonamides is 1. The minimum atomic E-state index is -3.47. The molecule has 2 N–H and O–H groups in total. The van der Waals surface area contributed by atoms with Gasteiger partial charge >= 0.3 is 5.97 Å². The number of carbonyl (C=O) groups excluding carboxylic acids is 2. The molecule has 0 aromatic carbocycles. The molecule has 0 saturated carbocycles. The summed E-state index contributed by atoms with van der Waals surface area (Å²) in [5, 5.41) is 24.6. The van der Waals surface area contributed by atoms with Gasteiger partial charge in [0, 0.05) is 29.8 Å². The van der Waals surface area contributed by atoms with Crippen LogP contribution in [-0.4, -0.2) is 76.3 Å². The van der Waals surface area contributed by atoms with Crippen LogP contribution in [0.3, 0.4) is 0 Å². The van der Waals surface area contributed by atoms with Crippen molar-refractivity contribution in [1.29, 1.82) is 0 Å². The zero-order valence-corrected chi connectivity index (χ0v) is 25.0. The zero-order chi connectivity index (χ0) is 28.6. The number of esters is 1. The molecule has 0 bridgehead atoms. The van der Waals surface area contributed by atoms with Gasteiger partial charge in [-0.3, -0.25) is 9.59 Å². The van der Waals surface area contributed by atoms with Gasteiger partial charge in [-0.25, -0.2) is 13.4 Å². The average molecular weight is 571 g/mol. The Bertz CT molecular complexity index is 1160. The van der Waals surface area contributed by atoms with E-state index in [-0.39, 0.29) is 30.2 Å². The second-order valence-electron chi connectivity index (χ2n) is 11.6. The van der Waals surface area contributed by atoms with Crippen LogP contribution in [0.15, 0.2) is 11.0 Å². The molecule has 3 heterocycles. The van der Waals surface area contributed by atoms with Crippen LogP contribution in [0.5, 0.6) is 0 Å². The molecule has 0 aliphatic carbocycles. The van der Waals surface area contributed by atoms with Crippen LogP contribution in [0.1, 0.15) is 77.4 Å². The van der Waals surface area contributed by atoms with Gasteiger partial charge < -0.3 is 14.9 Å². The SMILES string of the molecule is C/C(=C\c1csc(C)n1)[C@@H]1C[C@H]2[C@@H](CCC[C@H](C)C(O)[C@@H](C)C(=O)C(C)(C)[C@@H](O)CC(=O)O1)N2S(C)(=O)=O. The topological polar surface area (TPSA) is 134 Å². The molecule has 2 aliphatic heterocycles. The van der Waals surface area contributed by atoms with E-state index in [0.717, 1.165) is 16.3 Å². The predicted molar refractivity (Wildman–Crippen MR) is 147 cm³/mol. The molecule has 0 spiro atoms. The number of carbonyl (C=O) groups is 2. The molecule has 2 saturated heterocycles. The number of aliphatic hydroxyl groups is 2. The van der Waals surface area contributed by atoms with Crippen LogP contribution in [0, 0.1) is 24.2 Å². The van der Waals surface area contributed by atoms with Gasteiger partial charge in [-0.1, -0.05) is 34.1 Å². The molecule has 9 nitrogen and oxygen atoms in total. The molecular weight excluding hydrogens is 528 g/mol. The van der Waals surface area contributed by atoms with Crippen LogP contribution in [0.4, 0.5) is 0 Å². The first-order valence-electron chi connectivity index (χ1n) is 13.2. The lowest BCUT2D eigenvalue weighted by molar-refractivity contribution is -0.154. The monoisotopic (exact) mass is 570 g/mol. The van der Waals surface area contributed by atoms with Crippen LogP contribution in [0.25, 0.3) is 6.08 Å². The number of ether oxygens (including phenoxy) is 1. The molecule has 0 amide bonds. The van der Waals surface area contributed by atoms with Gasteiger partial charge in [-0.2, -0.15) is 4.31 Å². The van der Waals surface area contributed by atoms with E-state index in [2.05, 4.69) is 4.98 Å². The number of ketones is 1. The number of aryl methyl sites for hydroxylation is 1. The highest BCUT2D eigenvalue weighted by Gasteiger charge is 2.54. The van der Waals surface area contributed by atoms with E-state index in [1.165, 1.54) is 21.9 Å². The van der Waals surface area contributed by atoms with E-state index in [9.17, 15) is 28.2 Å². The van der Waals surface area contributed by atoms with Gasteiger partial charge in [0.05, 0.1) is 41.0 Å². The highest BCUT2D eigenvalue weighted by atomic mass is 32.2. The van der Waals surface area contributed by atoms with Crippen molar-refractivity contribution in [2.45, 2.75) is 104 Å². The van der Waals surface area contributed by atoms with Crippen molar-refractivity contribution in [2.24, 2.45) is 17.3 Å². The summed E-state index contributed by atoms with van der Waals surface area (Å²) in [4.78, 5) is 30.7. The Morgan fingerprint density at radius 2 is 1.87 bits per heavy atom. The van der Waals surface area contributed by atoms with E-state index < -0.39 is 52.1 Å². The molecule has 214 valence electrons. The molecular formula is C27H42N2O7S2. The summed E-state index contributed by atoms with van der Waals surface area (Å²) in [5.74, 6) is -1.92. The first-order valence-corrected chi connectivity index (χ1v) is 16.0. The van der Waals surface area contributed by atoms with Gasteiger partial charge in [0.2, 0.25) is 10.0 Å². The summed E-state index contributed by atoms with van der Waals surface area (Å²) in [6.07, 6.45) is 1.85. The fourth-order valence-electron chi connectivity index (χ4n) is 5.54. The minimum Gasteiger partial charge on any atom is -0.458 e. The van der Waals surface area contributed by atoms with Crippen molar-refractivity contribution >= 4 is 39.2 Å². The third-order valence-corrected chi connectivity index (χ3v) is 10.2. The molecule has 2 aliphatic rings. The number of thiazole rings is 1. The molecule has 0 radical (unpaired) electrons. The molecule has 1 aromatic heterocycles. The Balaban J connectivity index is 1.94. The normalized spacial score (nSPS) is 35.9. The number of fused-ring (bicyclic) bond motifs is 1. The Kier molecular flexibility index (Phi) is 9.62. The van der Waals surface area contributed by atoms with Gasteiger partial charge in [0.15, 0.2) is 0 Å². The number of Topliss-reactive ketones (excluding diaryl/α,β-unsaturated/α-hetero) is 1. The second-order valence-corrected chi connectivity index (χ2v) is 14.6. The highest BCUT2D eigenvalue weighted by Crippen LogP contribution is 2.41. The number of hydrogen-bond donors (Lipinski definition) is 2. The van der Waals surface area contributed by atoms with Crippen LogP contribution >= 0.6 is 11.3 Å². The molecule has 1 aromatic rings. The number of nitrogens with zero attached hydrogens (tertiary/aromatic N) is 2.